The molecule has 182 valence electrons. The highest BCUT2D eigenvalue weighted by Gasteiger charge is 2.50. The number of likely N-dealkylation sites (N-methyl/N-ethyl adjacent to an activating group) is 1. The molecule has 0 amide bonds. The second-order valence-electron chi connectivity index (χ2n) is 9.15. The van der Waals surface area contributed by atoms with Crippen LogP contribution in [-0.2, 0) is 18.9 Å². The topological polar surface area (TPSA) is 214 Å². The number of nitrogens with two attached hydrogens (primary N) is 4. The number of rotatable bonds is 6. The third-order valence-corrected chi connectivity index (χ3v) is 6.55. The van der Waals surface area contributed by atoms with Crippen molar-refractivity contribution in [2.45, 2.75) is 99.1 Å². The van der Waals surface area contributed by atoms with Gasteiger partial charge in [0.2, 0.25) is 0 Å². The van der Waals surface area contributed by atoms with E-state index in [-0.39, 0.29) is 18.8 Å². The van der Waals surface area contributed by atoms with E-state index >= 15 is 0 Å². The average molecular weight is 450 g/mol. The van der Waals surface area contributed by atoms with E-state index in [0.717, 1.165) is 6.42 Å². The molecule has 0 aromatic rings. The van der Waals surface area contributed by atoms with E-state index in [0.29, 0.717) is 19.4 Å². The van der Waals surface area contributed by atoms with Crippen molar-refractivity contribution >= 4 is 0 Å². The van der Waals surface area contributed by atoms with E-state index in [1.807, 2.05) is 0 Å². The number of aliphatic hydroxyl groups excluding tert-OH is 2. The quantitative estimate of drug-likeness (QED) is 0.195. The molecule has 31 heavy (non-hydrogen) atoms. The lowest BCUT2D eigenvalue weighted by atomic mass is 9.84. The summed E-state index contributed by atoms with van der Waals surface area (Å²) < 4.78 is 23.3. The first-order valence-corrected chi connectivity index (χ1v) is 10.9. The molecule has 0 aromatic carbocycles. The smallest absolute Gasteiger partial charge is 0.185 e. The van der Waals surface area contributed by atoms with Crippen molar-refractivity contribution in [1.29, 1.82) is 0 Å². The Bertz CT molecular complexity index is 588. The molecule has 1 aliphatic carbocycles. The lowest BCUT2D eigenvalue weighted by molar-refractivity contribution is -0.306. The van der Waals surface area contributed by atoms with Crippen LogP contribution >= 0.6 is 0 Å². The summed E-state index contributed by atoms with van der Waals surface area (Å²) in [5, 5.41) is 34.9. The molecule has 2 aliphatic heterocycles. The third-order valence-electron chi connectivity index (χ3n) is 6.55. The zero-order valence-corrected chi connectivity index (χ0v) is 18.2. The number of hydrogen-bond acceptors (Lipinski definition) is 12. The van der Waals surface area contributed by atoms with Crippen LogP contribution in [0.15, 0.2) is 0 Å². The predicted octanol–water partition coefficient (Wildman–Crippen LogP) is -3.98. The number of hydrogen-bond donors (Lipinski definition) is 8. The Morgan fingerprint density at radius 2 is 1.61 bits per heavy atom. The second kappa shape index (κ2) is 10.2. The lowest BCUT2D eigenvalue weighted by Crippen LogP contribution is -2.68. The van der Waals surface area contributed by atoms with Gasteiger partial charge in [0, 0.05) is 18.6 Å². The SMILES string of the molecule is CN[C@@H]1[C@H](O)[C@@H](O[C@@H]2[C@@H](O)[C@H](O[C@H]3O[C@H](CN)CC[C@H]3N)[C@@H](N)C[C@H]2N)OC[C@]1(C)O. The molecule has 12 nitrogen and oxygen atoms in total. The zero-order valence-electron chi connectivity index (χ0n) is 18.2. The average Bonchev–Trinajstić information content (AvgIpc) is 2.71. The van der Waals surface area contributed by atoms with E-state index in [1.54, 1.807) is 14.0 Å². The summed E-state index contributed by atoms with van der Waals surface area (Å²) in [6.07, 6.45) is -4.48. The highest BCUT2D eigenvalue weighted by molar-refractivity contribution is 5.01. The van der Waals surface area contributed by atoms with Crippen molar-refractivity contribution < 1.29 is 34.3 Å². The molecule has 12 N–H and O–H groups in total. The zero-order chi connectivity index (χ0) is 22.9. The van der Waals surface area contributed by atoms with Crippen molar-refractivity contribution in [3.05, 3.63) is 0 Å². The molecular formula is C19H39N5O7. The maximum absolute atomic E-state index is 11.0. The maximum Gasteiger partial charge on any atom is 0.185 e. The molecule has 1 saturated carbocycles. The third kappa shape index (κ3) is 5.37. The Morgan fingerprint density at radius 3 is 2.19 bits per heavy atom. The molecule has 0 unspecified atom stereocenters. The summed E-state index contributed by atoms with van der Waals surface area (Å²) in [5.74, 6) is 0. The number of aliphatic hydroxyl groups is 3. The van der Waals surface area contributed by atoms with Crippen LogP contribution in [0, 0.1) is 0 Å². The standard InChI is InChI=1S/C19H39N5O7/c1-19(27)7-28-18(13(26)16(19)24-2)31-15-11(23)5-10(22)14(12(15)25)30-17-9(21)4-3-8(6-20)29-17/h8-18,24-27H,3-7,20-23H2,1-2H3/t8-,9+,10-,11+,12-,13-,14+,15-,16+,17+,18+,19-/m0/s1. The van der Waals surface area contributed by atoms with Gasteiger partial charge in [0.25, 0.3) is 0 Å². The molecule has 0 aromatic heterocycles. The van der Waals surface area contributed by atoms with Crippen LogP contribution in [-0.4, -0.2) is 108 Å². The van der Waals surface area contributed by atoms with Gasteiger partial charge in [0.05, 0.1) is 24.8 Å². The summed E-state index contributed by atoms with van der Waals surface area (Å²) in [6.45, 7) is 1.83. The van der Waals surface area contributed by atoms with Crippen LogP contribution < -0.4 is 28.3 Å². The fourth-order valence-electron chi connectivity index (χ4n) is 4.69. The normalized spacial score (nSPS) is 51.6. The first-order valence-electron chi connectivity index (χ1n) is 10.9. The minimum atomic E-state index is -1.29. The van der Waals surface area contributed by atoms with E-state index < -0.39 is 60.7 Å². The summed E-state index contributed by atoms with van der Waals surface area (Å²) >= 11 is 0. The van der Waals surface area contributed by atoms with Crippen molar-refractivity contribution in [3.63, 3.8) is 0 Å². The van der Waals surface area contributed by atoms with E-state index in [2.05, 4.69) is 5.32 Å². The van der Waals surface area contributed by atoms with Crippen molar-refractivity contribution in [1.82, 2.24) is 5.32 Å². The molecule has 3 fully saturated rings. The van der Waals surface area contributed by atoms with E-state index in [9.17, 15) is 15.3 Å². The minimum absolute atomic E-state index is 0.0665. The first-order chi connectivity index (χ1) is 14.6. The van der Waals surface area contributed by atoms with Crippen LogP contribution in [0.25, 0.3) is 0 Å². The van der Waals surface area contributed by atoms with E-state index in [1.165, 1.54) is 0 Å². The summed E-state index contributed by atoms with van der Waals surface area (Å²) in [6, 6.07) is -2.26. The van der Waals surface area contributed by atoms with Gasteiger partial charge >= 0.3 is 0 Å². The number of ether oxygens (including phenoxy) is 4. The van der Waals surface area contributed by atoms with Gasteiger partial charge in [-0.1, -0.05) is 0 Å². The highest BCUT2D eigenvalue weighted by Crippen LogP contribution is 2.31. The van der Waals surface area contributed by atoms with Gasteiger partial charge < -0.3 is 62.5 Å². The Hall–Kier alpha value is -0.480. The van der Waals surface area contributed by atoms with Crippen molar-refractivity contribution in [3.8, 4) is 0 Å². The van der Waals surface area contributed by atoms with Gasteiger partial charge in [-0.15, -0.1) is 0 Å². The Labute approximate surface area is 182 Å². The van der Waals surface area contributed by atoms with Gasteiger partial charge in [-0.2, -0.15) is 0 Å². The predicted molar refractivity (Wildman–Crippen MR) is 110 cm³/mol. The van der Waals surface area contributed by atoms with Crippen LogP contribution in [0.1, 0.15) is 26.2 Å². The van der Waals surface area contributed by atoms with Gasteiger partial charge in [-0.25, -0.2) is 0 Å². The summed E-state index contributed by atoms with van der Waals surface area (Å²) in [4.78, 5) is 0. The fourth-order valence-corrected chi connectivity index (χ4v) is 4.69. The van der Waals surface area contributed by atoms with Crippen LogP contribution in [0.2, 0.25) is 0 Å². The number of nitrogens with one attached hydrogen (secondary N) is 1. The van der Waals surface area contributed by atoms with Crippen molar-refractivity contribution in [2.24, 2.45) is 22.9 Å². The van der Waals surface area contributed by atoms with Gasteiger partial charge in [0.1, 0.15) is 30.0 Å². The molecular weight excluding hydrogens is 410 g/mol. The molecule has 12 atom stereocenters. The fraction of sp³-hybridized carbons (Fsp3) is 1.00. The maximum atomic E-state index is 11.0. The van der Waals surface area contributed by atoms with Crippen LogP contribution in [0.5, 0.6) is 0 Å². The Kier molecular flexibility index (Phi) is 8.27. The highest BCUT2D eigenvalue weighted by atomic mass is 16.7. The molecule has 0 spiro atoms. The molecule has 0 bridgehead atoms. The molecule has 2 heterocycles. The van der Waals surface area contributed by atoms with E-state index in [4.69, 9.17) is 41.9 Å². The largest absolute Gasteiger partial charge is 0.388 e. The monoisotopic (exact) mass is 449 g/mol. The first kappa shape index (κ1) is 25.1. The molecule has 12 heteroatoms. The van der Waals surface area contributed by atoms with Gasteiger partial charge in [-0.3, -0.25) is 0 Å². The van der Waals surface area contributed by atoms with Gasteiger partial charge in [0.15, 0.2) is 12.6 Å². The lowest BCUT2D eigenvalue weighted by Gasteiger charge is -2.48. The molecule has 2 saturated heterocycles. The molecule has 3 rings (SSSR count). The Morgan fingerprint density at radius 1 is 1.00 bits per heavy atom. The summed E-state index contributed by atoms with van der Waals surface area (Å²) in [5.41, 5.74) is 23.0. The van der Waals surface area contributed by atoms with Crippen molar-refractivity contribution in [2.75, 3.05) is 20.2 Å². The van der Waals surface area contributed by atoms with Crippen LogP contribution in [0.4, 0.5) is 0 Å². The van der Waals surface area contributed by atoms with Gasteiger partial charge in [-0.05, 0) is 33.2 Å². The Balaban J connectivity index is 1.68. The molecule has 0 radical (unpaired) electrons. The second-order valence-corrected chi connectivity index (χ2v) is 9.15. The summed E-state index contributed by atoms with van der Waals surface area (Å²) in [7, 11) is 1.62. The minimum Gasteiger partial charge on any atom is -0.388 e. The molecule has 3 aliphatic rings. The van der Waals surface area contributed by atoms with Crippen LogP contribution in [0.3, 0.4) is 0 Å².